The summed E-state index contributed by atoms with van der Waals surface area (Å²) in [5.41, 5.74) is -0.686. The number of carbonyl (C=O) groups excluding carboxylic acids is 1. The van der Waals surface area contributed by atoms with Crippen LogP contribution in [0.1, 0.15) is 25.7 Å². The Morgan fingerprint density at radius 2 is 2.20 bits per heavy atom. The van der Waals surface area contributed by atoms with Crippen molar-refractivity contribution in [1.29, 1.82) is 0 Å². The van der Waals surface area contributed by atoms with Gasteiger partial charge in [0, 0.05) is 13.2 Å². The first-order chi connectivity index (χ1) is 7.14. The average molecular weight is 213 g/mol. The molecule has 0 aromatic heterocycles. The fourth-order valence-corrected chi connectivity index (χ4v) is 1.77. The van der Waals surface area contributed by atoms with E-state index < -0.39 is 11.4 Å². The van der Waals surface area contributed by atoms with Gasteiger partial charge in [-0.1, -0.05) is 0 Å². The van der Waals surface area contributed by atoms with Gasteiger partial charge in [-0.25, -0.2) is 0 Å². The molecule has 0 spiro atoms. The molecule has 1 amide bonds. The zero-order chi connectivity index (χ0) is 10.9. The molecule has 1 saturated carbocycles. The Morgan fingerprint density at radius 3 is 2.67 bits per heavy atom. The molecule has 5 heteroatoms. The summed E-state index contributed by atoms with van der Waals surface area (Å²) in [6, 6.07) is 0. The molecule has 0 radical (unpaired) electrons. The van der Waals surface area contributed by atoms with Gasteiger partial charge in [-0.2, -0.15) is 0 Å². The van der Waals surface area contributed by atoms with Crippen molar-refractivity contribution in [3.05, 3.63) is 0 Å². The smallest absolute Gasteiger partial charge is 0.311 e. The molecule has 2 fully saturated rings. The Morgan fingerprint density at radius 1 is 1.47 bits per heavy atom. The van der Waals surface area contributed by atoms with Crippen molar-refractivity contribution in [2.45, 2.75) is 31.8 Å². The number of carboxylic acid groups (broad SMARTS) is 1. The van der Waals surface area contributed by atoms with Crippen LogP contribution in [0.5, 0.6) is 0 Å². The number of carbonyl (C=O) groups is 2. The molecule has 0 aromatic carbocycles. The molecule has 1 aliphatic carbocycles. The van der Waals surface area contributed by atoms with Gasteiger partial charge in [0.05, 0.1) is 5.41 Å². The summed E-state index contributed by atoms with van der Waals surface area (Å²) in [7, 11) is 0. The van der Waals surface area contributed by atoms with Crippen LogP contribution in [0, 0.1) is 5.41 Å². The van der Waals surface area contributed by atoms with Gasteiger partial charge in [-0.15, -0.1) is 0 Å². The highest BCUT2D eigenvalue weighted by atomic mass is 16.5. The minimum absolute atomic E-state index is 0.167. The second-order valence-corrected chi connectivity index (χ2v) is 4.30. The number of hydrogen-bond acceptors (Lipinski definition) is 3. The fourth-order valence-electron chi connectivity index (χ4n) is 1.77. The minimum Gasteiger partial charge on any atom is -0.481 e. The van der Waals surface area contributed by atoms with Crippen molar-refractivity contribution in [2.24, 2.45) is 5.41 Å². The average Bonchev–Trinajstić information content (AvgIpc) is 2.80. The molecule has 0 unspecified atom stereocenters. The van der Waals surface area contributed by atoms with Crippen LogP contribution in [0.4, 0.5) is 0 Å². The van der Waals surface area contributed by atoms with Gasteiger partial charge < -0.3 is 15.2 Å². The topological polar surface area (TPSA) is 75.6 Å². The van der Waals surface area contributed by atoms with E-state index in [-0.39, 0.29) is 18.6 Å². The molecule has 84 valence electrons. The van der Waals surface area contributed by atoms with E-state index in [0.717, 1.165) is 12.8 Å². The minimum atomic E-state index is -0.810. The first kappa shape index (κ1) is 10.4. The van der Waals surface area contributed by atoms with E-state index in [1.165, 1.54) is 0 Å². The molecule has 1 saturated heterocycles. The molecule has 0 bridgehead atoms. The fraction of sp³-hybridized carbons (Fsp3) is 0.800. The van der Waals surface area contributed by atoms with Crippen molar-refractivity contribution in [3.63, 3.8) is 0 Å². The Kier molecular flexibility index (Phi) is 2.65. The maximum absolute atomic E-state index is 11.5. The van der Waals surface area contributed by atoms with Gasteiger partial charge in [0.2, 0.25) is 5.91 Å². The number of aliphatic carboxylic acids is 1. The van der Waals surface area contributed by atoms with Crippen LogP contribution < -0.4 is 5.32 Å². The summed E-state index contributed by atoms with van der Waals surface area (Å²) in [5, 5.41) is 11.6. The first-order valence-electron chi connectivity index (χ1n) is 5.27. The van der Waals surface area contributed by atoms with Crippen LogP contribution in [0.15, 0.2) is 0 Å². The molecule has 1 atom stereocenters. The maximum atomic E-state index is 11.5. The van der Waals surface area contributed by atoms with Crippen molar-refractivity contribution in [2.75, 3.05) is 13.2 Å². The predicted molar refractivity (Wildman–Crippen MR) is 51.3 cm³/mol. The second kappa shape index (κ2) is 3.81. The molecule has 0 aromatic rings. The summed E-state index contributed by atoms with van der Waals surface area (Å²) in [5.74, 6) is -0.977. The lowest BCUT2D eigenvalue weighted by atomic mass is 10.1. The van der Waals surface area contributed by atoms with E-state index in [0.29, 0.717) is 19.4 Å². The zero-order valence-electron chi connectivity index (χ0n) is 8.49. The summed E-state index contributed by atoms with van der Waals surface area (Å²) >= 11 is 0. The number of ether oxygens (including phenoxy) is 1. The van der Waals surface area contributed by atoms with Crippen molar-refractivity contribution in [1.82, 2.24) is 5.32 Å². The Balaban J connectivity index is 1.78. The molecule has 2 rings (SSSR count). The Labute approximate surface area is 87.8 Å². The quantitative estimate of drug-likeness (QED) is 0.696. The molecule has 2 aliphatic rings. The molecule has 2 N–H and O–H groups in total. The van der Waals surface area contributed by atoms with Gasteiger partial charge in [-0.05, 0) is 25.7 Å². The van der Waals surface area contributed by atoms with Crippen molar-refractivity contribution in [3.8, 4) is 0 Å². The number of hydrogen-bond donors (Lipinski definition) is 2. The van der Waals surface area contributed by atoms with Crippen molar-refractivity contribution >= 4 is 11.9 Å². The molecule has 1 heterocycles. The lowest BCUT2D eigenvalue weighted by Gasteiger charge is -2.13. The number of nitrogens with one attached hydrogen (secondary N) is 1. The van der Waals surface area contributed by atoms with Gasteiger partial charge >= 0.3 is 5.97 Å². The maximum Gasteiger partial charge on any atom is 0.311 e. The van der Waals surface area contributed by atoms with Gasteiger partial charge in [-0.3, -0.25) is 9.59 Å². The third-order valence-corrected chi connectivity index (χ3v) is 3.13. The first-order valence-corrected chi connectivity index (χ1v) is 5.27. The summed E-state index contributed by atoms with van der Waals surface area (Å²) in [6.45, 7) is 0.864. The third-order valence-electron chi connectivity index (χ3n) is 3.13. The molecular weight excluding hydrogens is 198 g/mol. The summed E-state index contributed by atoms with van der Waals surface area (Å²) in [6.07, 6.45) is 2.60. The number of carboxylic acids is 1. The monoisotopic (exact) mass is 213 g/mol. The largest absolute Gasteiger partial charge is 0.481 e. The van der Waals surface area contributed by atoms with E-state index >= 15 is 0 Å². The van der Waals surface area contributed by atoms with E-state index in [1.807, 2.05) is 0 Å². The van der Waals surface area contributed by atoms with Crippen LogP contribution in [0.3, 0.4) is 0 Å². The van der Waals surface area contributed by atoms with E-state index in [9.17, 15) is 9.59 Å². The van der Waals surface area contributed by atoms with Gasteiger partial charge in [0.1, 0.15) is 6.10 Å². The predicted octanol–water partition coefficient (Wildman–Crippen LogP) is 0.146. The highest BCUT2D eigenvalue weighted by Gasteiger charge is 2.50. The van der Waals surface area contributed by atoms with Gasteiger partial charge in [0.25, 0.3) is 0 Å². The summed E-state index contributed by atoms with van der Waals surface area (Å²) < 4.78 is 5.20. The van der Waals surface area contributed by atoms with E-state index in [2.05, 4.69) is 5.32 Å². The van der Waals surface area contributed by atoms with Crippen LogP contribution >= 0.6 is 0 Å². The Hall–Kier alpha value is -1.10. The number of rotatable bonds is 4. The SMILES string of the molecule is O=C(NCC1(C(=O)O)CC1)[C@@H]1CCCO1. The van der Waals surface area contributed by atoms with E-state index in [1.54, 1.807) is 0 Å². The second-order valence-electron chi connectivity index (χ2n) is 4.30. The highest BCUT2D eigenvalue weighted by Crippen LogP contribution is 2.45. The lowest BCUT2D eigenvalue weighted by molar-refractivity contribution is -0.143. The van der Waals surface area contributed by atoms with Crippen LogP contribution in [0.25, 0.3) is 0 Å². The van der Waals surface area contributed by atoms with Crippen molar-refractivity contribution < 1.29 is 19.4 Å². The molecule has 1 aliphatic heterocycles. The van der Waals surface area contributed by atoms with E-state index in [4.69, 9.17) is 9.84 Å². The lowest BCUT2D eigenvalue weighted by Crippen LogP contribution is -2.39. The molecule has 15 heavy (non-hydrogen) atoms. The van der Waals surface area contributed by atoms with Crippen LogP contribution in [0.2, 0.25) is 0 Å². The normalized spacial score (nSPS) is 27.3. The molecule has 5 nitrogen and oxygen atoms in total. The zero-order valence-corrected chi connectivity index (χ0v) is 8.49. The van der Waals surface area contributed by atoms with Crippen LogP contribution in [-0.2, 0) is 14.3 Å². The standard InChI is InChI=1S/C10H15NO4/c12-8(7-2-1-5-15-7)11-6-10(3-4-10)9(13)14/h7H,1-6H2,(H,11,12)(H,13,14)/t7-/m0/s1. The number of amides is 1. The molecular formula is C10H15NO4. The summed E-state index contributed by atoms with van der Waals surface area (Å²) in [4.78, 5) is 22.3. The van der Waals surface area contributed by atoms with Gasteiger partial charge in [0.15, 0.2) is 0 Å². The third kappa shape index (κ3) is 2.12. The highest BCUT2D eigenvalue weighted by molar-refractivity contribution is 5.83. The van der Waals surface area contributed by atoms with Crippen LogP contribution in [-0.4, -0.2) is 36.2 Å². The Bertz CT molecular complexity index is 279.